The minimum absolute atomic E-state index is 0.155. The third kappa shape index (κ3) is 4.60. The fraction of sp³-hybridized carbons (Fsp3) is 0.375. The summed E-state index contributed by atoms with van der Waals surface area (Å²) in [6, 6.07) is 18.2. The van der Waals surface area contributed by atoms with Crippen molar-refractivity contribution in [3.05, 3.63) is 71.8 Å². The van der Waals surface area contributed by atoms with Gasteiger partial charge in [-0.15, -0.1) is 11.8 Å². The maximum atomic E-state index is 12.8. The second-order valence-corrected chi connectivity index (χ2v) is 10.2. The van der Waals surface area contributed by atoms with E-state index in [-0.39, 0.29) is 31.0 Å². The fourth-order valence-corrected chi connectivity index (χ4v) is 5.71. The minimum atomic E-state index is -0.657. The highest BCUT2D eigenvalue weighted by Crippen LogP contribution is 2.53. The molecule has 1 N–H and O–H groups in total. The minimum Gasteiger partial charge on any atom is -0.459 e. The topological polar surface area (TPSA) is 84.9 Å². The number of thioether (sulfide) groups is 1. The van der Waals surface area contributed by atoms with E-state index in [2.05, 4.69) is 5.32 Å². The van der Waals surface area contributed by atoms with E-state index < -0.39 is 28.8 Å². The molecule has 0 bridgehead atoms. The molecule has 0 saturated carbocycles. The highest BCUT2D eigenvalue weighted by atomic mass is 32.2. The van der Waals surface area contributed by atoms with Crippen LogP contribution in [0.2, 0.25) is 0 Å². The normalized spacial score (nSPS) is 23.1. The third-order valence-electron chi connectivity index (χ3n) is 5.68. The zero-order valence-electron chi connectivity index (χ0n) is 18.0. The van der Waals surface area contributed by atoms with E-state index >= 15 is 0 Å². The SMILES string of the molecule is CC1(C)S[C@@H]2[C@H](CNC(=O)OCc3ccccc3)C(=O)N2[C@H]1C(=O)OCc1ccccc1. The van der Waals surface area contributed by atoms with Gasteiger partial charge in [-0.2, -0.15) is 0 Å². The number of fused-ring (bicyclic) bond motifs is 1. The molecule has 2 aliphatic rings. The van der Waals surface area contributed by atoms with Crippen LogP contribution in [0.15, 0.2) is 60.7 Å². The molecular weight excluding hydrogens is 428 g/mol. The lowest BCUT2D eigenvalue weighted by molar-refractivity contribution is -0.167. The van der Waals surface area contributed by atoms with Crippen LogP contribution in [0.5, 0.6) is 0 Å². The molecule has 2 aliphatic heterocycles. The summed E-state index contributed by atoms with van der Waals surface area (Å²) in [6.07, 6.45) is -0.568. The molecule has 8 heteroatoms. The number of benzene rings is 2. The summed E-state index contributed by atoms with van der Waals surface area (Å²) in [5.74, 6) is -0.954. The number of amides is 2. The number of hydrogen-bond acceptors (Lipinski definition) is 6. The van der Waals surface area contributed by atoms with Crippen LogP contribution in [0.25, 0.3) is 0 Å². The van der Waals surface area contributed by atoms with Gasteiger partial charge in [-0.05, 0) is 25.0 Å². The number of carbonyl (C=O) groups excluding carboxylic acids is 3. The fourth-order valence-electron chi connectivity index (χ4n) is 4.03. The molecule has 2 fully saturated rings. The Bertz CT molecular complexity index is 982. The van der Waals surface area contributed by atoms with Gasteiger partial charge in [0.1, 0.15) is 19.3 Å². The first-order valence-electron chi connectivity index (χ1n) is 10.5. The summed E-state index contributed by atoms with van der Waals surface area (Å²) < 4.78 is 10.2. The number of nitrogens with zero attached hydrogens (tertiary/aromatic N) is 1. The average molecular weight is 455 g/mol. The van der Waals surface area contributed by atoms with E-state index in [4.69, 9.17) is 9.47 Å². The molecule has 2 aromatic rings. The molecule has 3 atom stereocenters. The monoisotopic (exact) mass is 454 g/mol. The number of β-lactam (4-membered cyclic amide) rings is 1. The van der Waals surface area contributed by atoms with E-state index in [0.29, 0.717) is 0 Å². The van der Waals surface area contributed by atoms with Gasteiger partial charge in [-0.1, -0.05) is 60.7 Å². The Labute approximate surface area is 191 Å². The van der Waals surface area contributed by atoms with Crippen LogP contribution in [0.1, 0.15) is 25.0 Å². The van der Waals surface area contributed by atoms with E-state index in [9.17, 15) is 14.4 Å². The number of alkyl carbamates (subject to hydrolysis) is 1. The molecular formula is C24H26N2O5S. The maximum absolute atomic E-state index is 12.8. The zero-order chi connectivity index (χ0) is 22.7. The summed E-state index contributed by atoms with van der Waals surface area (Å²) in [5, 5.41) is 2.50. The lowest BCUT2D eigenvalue weighted by atomic mass is 9.91. The van der Waals surface area contributed by atoms with Crippen molar-refractivity contribution in [2.45, 2.75) is 43.2 Å². The Morgan fingerprint density at radius 3 is 2.12 bits per heavy atom. The summed E-state index contributed by atoms with van der Waals surface area (Å²) in [7, 11) is 0. The Kier molecular flexibility index (Phi) is 6.41. The summed E-state index contributed by atoms with van der Waals surface area (Å²) in [6.45, 7) is 4.38. The summed E-state index contributed by atoms with van der Waals surface area (Å²) in [5.41, 5.74) is 1.78. The first-order valence-corrected chi connectivity index (χ1v) is 11.4. The Morgan fingerprint density at radius 2 is 1.53 bits per heavy atom. The molecule has 32 heavy (non-hydrogen) atoms. The van der Waals surface area contributed by atoms with Crippen molar-refractivity contribution < 1.29 is 23.9 Å². The van der Waals surface area contributed by atoms with Crippen LogP contribution in [0, 0.1) is 5.92 Å². The maximum Gasteiger partial charge on any atom is 0.407 e. The average Bonchev–Trinajstić information content (AvgIpc) is 3.05. The second-order valence-electron chi connectivity index (χ2n) is 8.40. The van der Waals surface area contributed by atoms with Crippen molar-refractivity contribution in [1.82, 2.24) is 10.2 Å². The molecule has 2 heterocycles. The molecule has 2 aromatic carbocycles. The van der Waals surface area contributed by atoms with E-state index in [0.717, 1.165) is 11.1 Å². The van der Waals surface area contributed by atoms with Crippen molar-refractivity contribution in [2.24, 2.45) is 5.92 Å². The number of nitrogens with one attached hydrogen (secondary N) is 1. The Hall–Kier alpha value is -3.00. The highest BCUT2D eigenvalue weighted by molar-refractivity contribution is 8.01. The molecule has 168 valence electrons. The number of carbonyl (C=O) groups is 3. The van der Waals surface area contributed by atoms with Crippen LogP contribution in [0.4, 0.5) is 4.79 Å². The molecule has 0 spiro atoms. The highest BCUT2D eigenvalue weighted by Gasteiger charge is 2.63. The van der Waals surface area contributed by atoms with Crippen LogP contribution < -0.4 is 5.32 Å². The number of ether oxygens (including phenoxy) is 2. The van der Waals surface area contributed by atoms with Crippen molar-refractivity contribution in [1.29, 1.82) is 0 Å². The van der Waals surface area contributed by atoms with Gasteiger partial charge in [0.2, 0.25) is 5.91 Å². The van der Waals surface area contributed by atoms with Crippen LogP contribution in [-0.2, 0) is 32.3 Å². The van der Waals surface area contributed by atoms with Gasteiger partial charge in [0.15, 0.2) is 0 Å². The van der Waals surface area contributed by atoms with Crippen LogP contribution in [-0.4, -0.2) is 45.6 Å². The van der Waals surface area contributed by atoms with Gasteiger partial charge in [0.05, 0.1) is 11.3 Å². The van der Waals surface area contributed by atoms with E-state index in [1.165, 1.54) is 0 Å². The molecule has 2 amide bonds. The lowest BCUT2D eigenvalue weighted by Crippen LogP contribution is -2.65. The van der Waals surface area contributed by atoms with Crippen molar-refractivity contribution in [3.63, 3.8) is 0 Å². The summed E-state index contributed by atoms with van der Waals surface area (Å²) in [4.78, 5) is 39.3. The van der Waals surface area contributed by atoms with Gasteiger partial charge < -0.3 is 19.7 Å². The first-order chi connectivity index (χ1) is 15.4. The molecule has 4 rings (SSSR count). The standard InChI is InChI=1S/C24H26N2O5S/c1-24(2)19(22(28)30-14-16-9-5-3-6-10-16)26-20(27)18(21(26)32-24)13-25-23(29)31-15-17-11-7-4-8-12-17/h3-12,18-19,21H,13-15H2,1-2H3,(H,25,29)/t18-,19+,21-/m1/s1. The molecule has 2 saturated heterocycles. The molecule has 0 unspecified atom stereocenters. The van der Waals surface area contributed by atoms with Gasteiger partial charge in [-0.3, -0.25) is 4.79 Å². The van der Waals surface area contributed by atoms with Crippen molar-refractivity contribution >= 4 is 29.7 Å². The van der Waals surface area contributed by atoms with E-state index in [1.54, 1.807) is 16.7 Å². The number of hydrogen-bond donors (Lipinski definition) is 1. The van der Waals surface area contributed by atoms with Crippen molar-refractivity contribution in [2.75, 3.05) is 6.54 Å². The number of rotatable bonds is 7. The summed E-state index contributed by atoms with van der Waals surface area (Å²) >= 11 is 1.56. The molecule has 0 aromatic heterocycles. The molecule has 7 nitrogen and oxygen atoms in total. The Balaban J connectivity index is 1.29. The first kappa shape index (κ1) is 22.2. The largest absolute Gasteiger partial charge is 0.459 e. The van der Waals surface area contributed by atoms with Crippen LogP contribution >= 0.6 is 11.8 Å². The van der Waals surface area contributed by atoms with Gasteiger partial charge in [-0.25, -0.2) is 9.59 Å². The number of esters is 1. The predicted octanol–water partition coefficient (Wildman–Crippen LogP) is 3.33. The van der Waals surface area contributed by atoms with Gasteiger partial charge >= 0.3 is 12.1 Å². The van der Waals surface area contributed by atoms with E-state index in [1.807, 2.05) is 74.5 Å². The third-order valence-corrected chi connectivity index (χ3v) is 7.31. The van der Waals surface area contributed by atoms with Gasteiger partial charge in [0, 0.05) is 11.3 Å². The predicted molar refractivity (Wildman–Crippen MR) is 120 cm³/mol. The second kappa shape index (κ2) is 9.24. The smallest absolute Gasteiger partial charge is 0.407 e. The molecule has 0 aliphatic carbocycles. The van der Waals surface area contributed by atoms with Gasteiger partial charge in [0.25, 0.3) is 0 Å². The lowest BCUT2D eigenvalue weighted by Gasteiger charge is -2.43. The van der Waals surface area contributed by atoms with Crippen LogP contribution in [0.3, 0.4) is 0 Å². The van der Waals surface area contributed by atoms with Crippen molar-refractivity contribution in [3.8, 4) is 0 Å². The molecule has 0 radical (unpaired) electrons. The Morgan fingerprint density at radius 1 is 0.969 bits per heavy atom. The zero-order valence-corrected chi connectivity index (χ0v) is 18.8. The quantitative estimate of drug-likeness (QED) is 0.510.